The van der Waals surface area contributed by atoms with Crippen LogP contribution in [0.2, 0.25) is 0 Å². The summed E-state index contributed by atoms with van der Waals surface area (Å²) in [5, 5.41) is 0. The molecule has 0 atom stereocenters. The van der Waals surface area contributed by atoms with E-state index in [1.54, 1.807) is 0 Å². The Kier molecular flexibility index (Phi) is 4.57. The maximum absolute atomic E-state index is 5.59. The van der Waals surface area contributed by atoms with Gasteiger partial charge < -0.3 is 15.2 Å². The summed E-state index contributed by atoms with van der Waals surface area (Å²) in [7, 11) is 2.25. The first-order valence-electron chi connectivity index (χ1n) is 6.70. The first-order chi connectivity index (χ1) is 8.31. The molecular weight excluding hydrogens is 212 g/mol. The number of rotatable bonds is 6. The standard InChI is InChI=1S/C13H24N4/c1-16(12-4-2-3-5-12)8-9-17-11-15-10-13(17)6-7-14/h10-12H,2-9,14H2,1H3. The molecule has 0 saturated heterocycles. The van der Waals surface area contributed by atoms with Crippen LogP contribution in [0.5, 0.6) is 0 Å². The van der Waals surface area contributed by atoms with E-state index in [1.807, 2.05) is 12.5 Å². The fourth-order valence-corrected chi connectivity index (χ4v) is 2.70. The summed E-state index contributed by atoms with van der Waals surface area (Å²) >= 11 is 0. The number of aromatic nitrogens is 2. The highest BCUT2D eigenvalue weighted by Crippen LogP contribution is 2.22. The molecule has 1 heterocycles. The van der Waals surface area contributed by atoms with Gasteiger partial charge in [-0.25, -0.2) is 4.98 Å². The number of likely N-dealkylation sites (N-methyl/N-ethyl adjacent to an activating group) is 1. The third kappa shape index (κ3) is 3.30. The maximum atomic E-state index is 5.59. The average Bonchev–Trinajstić information content (AvgIpc) is 2.97. The van der Waals surface area contributed by atoms with Crippen LogP contribution in [-0.4, -0.2) is 40.6 Å². The lowest BCUT2D eigenvalue weighted by Gasteiger charge is -2.24. The highest BCUT2D eigenvalue weighted by Gasteiger charge is 2.19. The predicted octanol–water partition coefficient (Wildman–Crippen LogP) is 1.26. The molecule has 96 valence electrons. The average molecular weight is 236 g/mol. The van der Waals surface area contributed by atoms with E-state index in [0.29, 0.717) is 6.54 Å². The van der Waals surface area contributed by atoms with Crippen molar-refractivity contribution in [3.63, 3.8) is 0 Å². The van der Waals surface area contributed by atoms with Crippen LogP contribution in [0.3, 0.4) is 0 Å². The molecule has 1 aliphatic carbocycles. The van der Waals surface area contributed by atoms with Crippen LogP contribution in [0.25, 0.3) is 0 Å². The molecule has 0 radical (unpaired) electrons. The van der Waals surface area contributed by atoms with Crippen molar-refractivity contribution in [2.75, 3.05) is 20.1 Å². The van der Waals surface area contributed by atoms with Gasteiger partial charge in [0.2, 0.25) is 0 Å². The van der Waals surface area contributed by atoms with E-state index in [0.717, 1.165) is 25.6 Å². The summed E-state index contributed by atoms with van der Waals surface area (Å²) in [5.41, 5.74) is 6.85. The van der Waals surface area contributed by atoms with Gasteiger partial charge in [-0.2, -0.15) is 0 Å². The smallest absolute Gasteiger partial charge is 0.0948 e. The van der Waals surface area contributed by atoms with E-state index in [-0.39, 0.29) is 0 Å². The van der Waals surface area contributed by atoms with Gasteiger partial charge in [-0.3, -0.25) is 0 Å². The van der Waals surface area contributed by atoms with Crippen LogP contribution in [-0.2, 0) is 13.0 Å². The zero-order valence-electron chi connectivity index (χ0n) is 10.8. The molecule has 0 bridgehead atoms. The van der Waals surface area contributed by atoms with E-state index >= 15 is 0 Å². The molecule has 0 unspecified atom stereocenters. The Morgan fingerprint density at radius 3 is 2.94 bits per heavy atom. The zero-order chi connectivity index (χ0) is 12.1. The molecule has 2 rings (SSSR count). The number of nitrogens with two attached hydrogens (primary N) is 1. The minimum absolute atomic E-state index is 0.699. The number of nitrogens with zero attached hydrogens (tertiary/aromatic N) is 3. The van der Waals surface area contributed by atoms with E-state index in [9.17, 15) is 0 Å². The normalized spacial score (nSPS) is 17.1. The van der Waals surface area contributed by atoms with Gasteiger partial charge in [-0.05, 0) is 26.4 Å². The van der Waals surface area contributed by atoms with Crippen LogP contribution in [0, 0.1) is 0 Å². The second kappa shape index (κ2) is 6.17. The van der Waals surface area contributed by atoms with Crippen molar-refractivity contribution in [3.05, 3.63) is 18.2 Å². The molecule has 1 aliphatic rings. The molecule has 1 aromatic rings. The Bertz CT molecular complexity index is 328. The molecule has 1 aromatic heterocycles. The van der Waals surface area contributed by atoms with Crippen LogP contribution >= 0.6 is 0 Å². The second-order valence-electron chi connectivity index (χ2n) is 5.04. The topological polar surface area (TPSA) is 47.1 Å². The number of hydrogen-bond donors (Lipinski definition) is 1. The maximum Gasteiger partial charge on any atom is 0.0948 e. The summed E-state index contributed by atoms with van der Waals surface area (Å²) in [5.74, 6) is 0. The molecule has 1 fully saturated rings. The van der Waals surface area contributed by atoms with Crippen molar-refractivity contribution in [3.8, 4) is 0 Å². The van der Waals surface area contributed by atoms with Gasteiger partial charge in [0.1, 0.15) is 0 Å². The Labute approximate surface area is 104 Å². The predicted molar refractivity (Wildman–Crippen MR) is 69.9 cm³/mol. The third-order valence-corrected chi connectivity index (χ3v) is 3.84. The van der Waals surface area contributed by atoms with Gasteiger partial charge in [0, 0.05) is 37.4 Å². The van der Waals surface area contributed by atoms with Crippen LogP contribution in [0.1, 0.15) is 31.4 Å². The van der Waals surface area contributed by atoms with Crippen LogP contribution in [0.15, 0.2) is 12.5 Å². The molecular formula is C13H24N4. The van der Waals surface area contributed by atoms with Gasteiger partial charge in [-0.15, -0.1) is 0 Å². The fraction of sp³-hybridized carbons (Fsp3) is 0.769. The van der Waals surface area contributed by atoms with Crippen molar-refractivity contribution >= 4 is 0 Å². The van der Waals surface area contributed by atoms with Gasteiger partial charge in [0.25, 0.3) is 0 Å². The largest absolute Gasteiger partial charge is 0.333 e. The van der Waals surface area contributed by atoms with Gasteiger partial charge >= 0.3 is 0 Å². The molecule has 4 nitrogen and oxygen atoms in total. The first kappa shape index (κ1) is 12.6. The molecule has 0 amide bonds. The van der Waals surface area contributed by atoms with Gasteiger partial charge in [0.15, 0.2) is 0 Å². The molecule has 0 aliphatic heterocycles. The Morgan fingerprint density at radius 2 is 2.24 bits per heavy atom. The molecule has 17 heavy (non-hydrogen) atoms. The Balaban J connectivity index is 1.81. The van der Waals surface area contributed by atoms with Crippen LogP contribution < -0.4 is 5.73 Å². The minimum Gasteiger partial charge on any atom is -0.333 e. The molecule has 2 N–H and O–H groups in total. The van der Waals surface area contributed by atoms with Crippen molar-refractivity contribution in [1.82, 2.24) is 14.5 Å². The second-order valence-corrected chi connectivity index (χ2v) is 5.04. The number of imidazole rings is 1. The third-order valence-electron chi connectivity index (χ3n) is 3.84. The van der Waals surface area contributed by atoms with Gasteiger partial charge in [-0.1, -0.05) is 12.8 Å². The van der Waals surface area contributed by atoms with Crippen molar-refractivity contribution in [2.24, 2.45) is 5.73 Å². The lowest BCUT2D eigenvalue weighted by atomic mass is 10.2. The lowest BCUT2D eigenvalue weighted by Crippen LogP contribution is -2.32. The lowest BCUT2D eigenvalue weighted by molar-refractivity contribution is 0.235. The zero-order valence-corrected chi connectivity index (χ0v) is 10.8. The Morgan fingerprint density at radius 1 is 1.47 bits per heavy atom. The highest BCUT2D eigenvalue weighted by molar-refractivity contribution is 4.98. The quantitative estimate of drug-likeness (QED) is 0.809. The molecule has 0 aromatic carbocycles. The van der Waals surface area contributed by atoms with E-state index < -0.39 is 0 Å². The molecule has 1 saturated carbocycles. The summed E-state index contributed by atoms with van der Waals surface area (Å²) in [6.45, 7) is 2.84. The SMILES string of the molecule is CN(CCn1cncc1CCN)C1CCCC1. The van der Waals surface area contributed by atoms with Crippen LogP contribution in [0.4, 0.5) is 0 Å². The summed E-state index contributed by atoms with van der Waals surface area (Å²) in [6.07, 6.45) is 10.3. The molecule has 4 heteroatoms. The molecule has 0 spiro atoms. The van der Waals surface area contributed by atoms with E-state index in [2.05, 4.69) is 21.5 Å². The first-order valence-corrected chi connectivity index (χ1v) is 6.70. The summed E-state index contributed by atoms with van der Waals surface area (Å²) < 4.78 is 2.23. The van der Waals surface area contributed by atoms with E-state index in [4.69, 9.17) is 5.73 Å². The Hall–Kier alpha value is -0.870. The fourth-order valence-electron chi connectivity index (χ4n) is 2.70. The van der Waals surface area contributed by atoms with Crippen molar-refractivity contribution < 1.29 is 0 Å². The van der Waals surface area contributed by atoms with Crippen molar-refractivity contribution in [1.29, 1.82) is 0 Å². The monoisotopic (exact) mass is 236 g/mol. The van der Waals surface area contributed by atoms with Gasteiger partial charge in [0.05, 0.1) is 6.33 Å². The minimum atomic E-state index is 0.699. The van der Waals surface area contributed by atoms with E-state index in [1.165, 1.54) is 31.4 Å². The van der Waals surface area contributed by atoms with Crippen molar-refractivity contribution in [2.45, 2.75) is 44.7 Å². The number of hydrogen-bond acceptors (Lipinski definition) is 3. The summed E-state index contributed by atoms with van der Waals surface area (Å²) in [6, 6.07) is 0.802. The summed E-state index contributed by atoms with van der Waals surface area (Å²) in [4.78, 5) is 6.70. The highest BCUT2D eigenvalue weighted by atomic mass is 15.2.